The van der Waals surface area contributed by atoms with Gasteiger partial charge in [0.25, 0.3) is 0 Å². The van der Waals surface area contributed by atoms with Crippen LogP contribution in [-0.4, -0.2) is 36.9 Å². The lowest BCUT2D eigenvalue weighted by atomic mass is 9.88. The molecule has 0 aromatic carbocycles. The number of sulfonamides is 1. The maximum atomic E-state index is 11.6. The summed E-state index contributed by atoms with van der Waals surface area (Å²) in [5.74, 6) is 1.33. The highest BCUT2D eigenvalue weighted by molar-refractivity contribution is 9.09. The average molecular weight is 324 g/mol. The number of piperidine rings is 1. The Hall–Kier alpha value is 0.390. The smallest absolute Gasteiger partial charge is 0.211 e. The lowest BCUT2D eigenvalue weighted by Gasteiger charge is -2.32. The van der Waals surface area contributed by atoms with Gasteiger partial charge in [-0.25, -0.2) is 12.7 Å². The Kier molecular flexibility index (Phi) is 4.53. The van der Waals surface area contributed by atoms with E-state index in [1.807, 2.05) is 0 Å². The summed E-state index contributed by atoms with van der Waals surface area (Å²) >= 11 is 3.75. The van der Waals surface area contributed by atoms with Crippen LogP contribution in [0.1, 0.15) is 38.5 Å². The standard InChI is InChI=1S/C12H22BrNO2S/c1-17(15,16)14-7-3-4-10(9-14)8-11-5-2-6-12(11)13/h10-12H,2-9H2,1H3. The summed E-state index contributed by atoms with van der Waals surface area (Å²) < 4.78 is 24.8. The Labute approximate surface area is 113 Å². The second kappa shape index (κ2) is 5.57. The molecule has 1 saturated carbocycles. The molecule has 0 spiro atoms. The lowest BCUT2D eigenvalue weighted by Crippen LogP contribution is -2.39. The largest absolute Gasteiger partial charge is 0.213 e. The summed E-state index contributed by atoms with van der Waals surface area (Å²) in [6.07, 6.45) is 8.67. The maximum absolute atomic E-state index is 11.6. The molecule has 1 aliphatic heterocycles. The van der Waals surface area contributed by atoms with Gasteiger partial charge in [-0.3, -0.25) is 0 Å². The van der Waals surface area contributed by atoms with Crippen molar-refractivity contribution in [2.45, 2.75) is 43.4 Å². The SMILES string of the molecule is CS(=O)(=O)N1CCCC(CC2CCCC2Br)C1. The van der Waals surface area contributed by atoms with Gasteiger partial charge >= 0.3 is 0 Å². The molecular weight excluding hydrogens is 302 g/mol. The first-order valence-electron chi connectivity index (χ1n) is 6.56. The van der Waals surface area contributed by atoms with E-state index in [2.05, 4.69) is 15.9 Å². The molecular formula is C12H22BrNO2S. The Bertz CT molecular complexity index is 358. The summed E-state index contributed by atoms with van der Waals surface area (Å²) in [7, 11) is -2.98. The molecule has 0 bridgehead atoms. The highest BCUT2D eigenvalue weighted by Gasteiger charge is 2.31. The van der Waals surface area contributed by atoms with Crippen LogP contribution in [-0.2, 0) is 10.0 Å². The molecule has 5 heteroatoms. The first-order valence-corrected chi connectivity index (χ1v) is 9.32. The lowest BCUT2D eigenvalue weighted by molar-refractivity contribution is 0.233. The Morgan fingerprint density at radius 2 is 2.00 bits per heavy atom. The fourth-order valence-corrected chi connectivity index (χ4v) is 4.95. The zero-order valence-electron chi connectivity index (χ0n) is 10.4. The third kappa shape index (κ3) is 3.67. The summed E-state index contributed by atoms with van der Waals surface area (Å²) in [5, 5.41) is 0. The minimum Gasteiger partial charge on any atom is -0.213 e. The summed E-state index contributed by atoms with van der Waals surface area (Å²) in [6, 6.07) is 0. The van der Waals surface area contributed by atoms with Crippen LogP contribution in [0.25, 0.3) is 0 Å². The van der Waals surface area contributed by atoms with E-state index in [4.69, 9.17) is 0 Å². The van der Waals surface area contributed by atoms with Crippen LogP contribution < -0.4 is 0 Å². The highest BCUT2D eigenvalue weighted by Crippen LogP contribution is 2.37. The topological polar surface area (TPSA) is 37.4 Å². The fraction of sp³-hybridized carbons (Fsp3) is 1.00. The van der Waals surface area contributed by atoms with Crippen molar-refractivity contribution in [2.24, 2.45) is 11.8 Å². The van der Waals surface area contributed by atoms with E-state index in [1.165, 1.54) is 38.4 Å². The molecule has 1 aliphatic carbocycles. The second-order valence-electron chi connectivity index (χ2n) is 5.57. The van der Waals surface area contributed by atoms with Gasteiger partial charge in [0.05, 0.1) is 6.26 Å². The normalized spacial score (nSPS) is 36.2. The van der Waals surface area contributed by atoms with Crippen molar-refractivity contribution >= 4 is 26.0 Å². The van der Waals surface area contributed by atoms with Crippen LogP contribution in [0.15, 0.2) is 0 Å². The van der Waals surface area contributed by atoms with Crippen molar-refractivity contribution in [3.8, 4) is 0 Å². The van der Waals surface area contributed by atoms with Crippen molar-refractivity contribution in [3.05, 3.63) is 0 Å². The van der Waals surface area contributed by atoms with Gasteiger partial charge in [0, 0.05) is 17.9 Å². The molecule has 0 N–H and O–H groups in total. The predicted octanol–water partition coefficient (Wildman–Crippen LogP) is 2.61. The summed E-state index contributed by atoms with van der Waals surface area (Å²) in [6.45, 7) is 1.47. The first-order chi connectivity index (χ1) is 7.97. The molecule has 1 heterocycles. The summed E-state index contributed by atoms with van der Waals surface area (Å²) in [4.78, 5) is 0.663. The van der Waals surface area contributed by atoms with Gasteiger partial charge in [0.15, 0.2) is 0 Å². The molecule has 2 aliphatic rings. The van der Waals surface area contributed by atoms with Crippen molar-refractivity contribution in [1.82, 2.24) is 4.31 Å². The number of hydrogen-bond donors (Lipinski definition) is 0. The highest BCUT2D eigenvalue weighted by atomic mass is 79.9. The molecule has 3 nitrogen and oxygen atoms in total. The molecule has 0 radical (unpaired) electrons. The minimum absolute atomic E-state index is 0.571. The van der Waals surface area contributed by atoms with E-state index < -0.39 is 10.0 Å². The molecule has 2 rings (SSSR count). The Balaban J connectivity index is 1.89. The number of rotatable bonds is 3. The predicted molar refractivity (Wildman–Crippen MR) is 73.8 cm³/mol. The van der Waals surface area contributed by atoms with Gasteiger partial charge in [-0.2, -0.15) is 0 Å². The van der Waals surface area contributed by atoms with E-state index in [0.29, 0.717) is 10.7 Å². The van der Waals surface area contributed by atoms with Gasteiger partial charge in [0.1, 0.15) is 0 Å². The molecule has 1 saturated heterocycles. The number of nitrogens with zero attached hydrogens (tertiary/aromatic N) is 1. The van der Waals surface area contributed by atoms with Crippen LogP contribution in [0.2, 0.25) is 0 Å². The molecule has 0 aromatic rings. The third-order valence-electron chi connectivity index (χ3n) is 4.15. The quantitative estimate of drug-likeness (QED) is 0.749. The number of hydrogen-bond acceptors (Lipinski definition) is 2. The van der Waals surface area contributed by atoms with E-state index in [9.17, 15) is 8.42 Å². The van der Waals surface area contributed by atoms with Crippen LogP contribution in [0.5, 0.6) is 0 Å². The van der Waals surface area contributed by atoms with Crippen molar-refractivity contribution in [2.75, 3.05) is 19.3 Å². The van der Waals surface area contributed by atoms with Crippen molar-refractivity contribution < 1.29 is 8.42 Å². The van der Waals surface area contributed by atoms with Crippen LogP contribution >= 0.6 is 15.9 Å². The molecule has 2 fully saturated rings. The first kappa shape index (κ1) is 13.8. The summed E-state index contributed by atoms with van der Waals surface area (Å²) in [5.41, 5.74) is 0. The molecule has 0 aromatic heterocycles. The third-order valence-corrected chi connectivity index (χ3v) is 6.63. The van der Waals surface area contributed by atoms with Gasteiger partial charge < -0.3 is 0 Å². The van der Waals surface area contributed by atoms with E-state index in [0.717, 1.165) is 25.4 Å². The van der Waals surface area contributed by atoms with E-state index in [1.54, 1.807) is 4.31 Å². The Morgan fingerprint density at radius 1 is 1.24 bits per heavy atom. The van der Waals surface area contributed by atoms with Crippen LogP contribution in [0.3, 0.4) is 0 Å². The second-order valence-corrected chi connectivity index (χ2v) is 8.73. The maximum Gasteiger partial charge on any atom is 0.211 e. The molecule has 100 valence electrons. The Morgan fingerprint density at radius 3 is 2.59 bits per heavy atom. The van der Waals surface area contributed by atoms with Crippen LogP contribution in [0, 0.1) is 11.8 Å². The zero-order valence-corrected chi connectivity index (χ0v) is 12.8. The van der Waals surface area contributed by atoms with E-state index >= 15 is 0 Å². The molecule has 3 atom stereocenters. The minimum atomic E-state index is -2.98. The van der Waals surface area contributed by atoms with E-state index in [-0.39, 0.29) is 0 Å². The fourth-order valence-electron chi connectivity index (χ4n) is 3.21. The molecule has 0 amide bonds. The molecule has 3 unspecified atom stereocenters. The van der Waals surface area contributed by atoms with Gasteiger partial charge in [-0.05, 0) is 43.9 Å². The monoisotopic (exact) mass is 323 g/mol. The number of alkyl halides is 1. The van der Waals surface area contributed by atoms with Crippen molar-refractivity contribution in [3.63, 3.8) is 0 Å². The number of halogens is 1. The average Bonchev–Trinajstić information content (AvgIpc) is 2.64. The zero-order chi connectivity index (χ0) is 12.5. The van der Waals surface area contributed by atoms with Crippen molar-refractivity contribution in [1.29, 1.82) is 0 Å². The molecule has 17 heavy (non-hydrogen) atoms. The van der Waals surface area contributed by atoms with Crippen LogP contribution in [0.4, 0.5) is 0 Å². The van der Waals surface area contributed by atoms with Gasteiger partial charge in [-0.15, -0.1) is 0 Å². The van der Waals surface area contributed by atoms with Gasteiger partial charge in [0.2, 0.25) is 10.0 Å². The van der Waals surface area contributed by atoms with Gasteiger partial charge in [-0.1, -0.05) is 22.4 Å².